The summed E-state index contributed by atoms with van der Waals surface area (Å²) in [6.07, 6.45) is 15.0. The first-order valence-electron chi connectivity index (χ1n) is 11.3. The number of carbonyl (C=O) groups excluding carboxylic acids is 2. The van der Waals surface area contributed by atoms with Crippen molar-refractivity contribution >= 4 is 24.1 Å². The highest BCUT2D eigenvalue weighted by atomic mass is 32.2. The summed E-state index contributed by atoms with van der Waals surface area (Å²) in [5.74, 6) is 1.73. The first-order chi connectivity index (χ1) is 14.6. The van der Waals surface area contributed by atoms with Gasteiger partial charge >= 0.3 is 0 Å². The second-order valence-electron chi connectivity index (χ2n) is 9.24. The molecule has 0 radical (unpaired) electrons. The second-order valence-corrected chi connectivity index (χ2v) is 10.1. The quantitative estimate of drug-likeness (QED) is 0.245. The Morgan fingerprint density at radius 1 is 1.19 bits per heavy atom. The van der Waals surface area contributed by atoms with Crippen LogP contribution in [-0.2, 0) is 9.59 Å². The average molecular weight is 447 g/mol. The van der Waals surface area contributed by atoms with Gasteiger partial charge in [-0.3, -0.25) is 9.59 Å². The predicted octanol–water partition coefficient (Wildman–Crippen LogP) is 5.64. The first-order valence-corrected chi connectivity index (χ1v) is 12.5. The molecule has 0 heterocycles. The van der Waals surface area contributed by atoms with Crippen LogP contribution in [0.2, 0.25) is 0 Å². The lowest BCUT2D eigenvalue weighted by Crippen LogP contribution is -2.45. The van der Waals surface area contributed by atoms with Crippen LogP contribution >= 0.6 is 11.8 Å². The minimum atomic E-state index is -0.369. The molecule has 2 N–H and O–H groups in total. The van der Waals surface area contributed by atoms with Crippen LogP contribution in [0.25, 0.3) is 0 Å². The van der Waals surface area contributed by atoms with Gasteiger partial charge in [0.2, 0.25) is 12.3 Å². The zero-order valence-electron chi connectivity index (χ0n) is 20.5. The van der Waals surface area contributed by atoms with E-state index in [0.717, 1.165) is 24.3 Å². The van der Waals surface area contributed by atoms with E-state index in [1.807, 2.05) is 27.7 Å². The van der Waals surface area contributed by atoms with Gasteiger partial charge in [0.15, 0.2) is 0 Å². The van der Waals surface area contributed by atoms with Gasteiger partial charge in [0, 0.05) is 17.4 Å². The molecular weight excluding hydrogens is 404 g/mol. The highest BCUT2D eigenvalue weighted by molar-refractivity contribution is 8.02. The SMILES string of the molecule is C=C(C)C(C)(C)NC(=O)C1C(CNC=O)C1CC1CC1.C\C=C/C(=C\C(C)=C\C)SC. The molecule has 0 aromatic carbocycles. The number of thioether (sulfide) groups is 1. The van der Waals surface area contributed by atoms with Crippen LogP contribution in [0.5, 0.6) is 0 Å². The molecule has 2 saturated carbocycles. The third kappa shape index (κ3) is 9.51. The molecule has 3 unspecified atom stereocenters. The molecule has 3 atom stereocenters. The Bertz CT molecular complexity index is 717. The molecule has 0 bridgehead atoms. The van der Waals surface area contributed by atoms with Crippen molar-refractivity contribution in [2.45, 2.75) is 66.3 Å². The number of hydrogen-bond donors (Lipinski definition) is 2. The van der Waals surface area contributed by atoms with Crippen molar-refractivity contribution in [1.29, 1.82) is 0 Å². The van der Waals surface area contributed by atoms with Gasteiger partial charge in [-0.1, -0.05) is 48.8 Å². The zero-order valence-corrected chi connectivity index (χ0v) is 21.3. The molecule has 0 aliphatic heterocycles. The van der Waals surface area contributed by atoms with E-state index in [2.05, 4.69) is 61.6 Å². The number of nitrogens with one attached hydrogen (secondary N) is 2. The van der Waals surface area contributed by atoms with Gasteiger partial charge in [-0.2, -0.15) is 0 Å². The fourth-order valence-electron chi connectivity index (χ4n) is 3.50. The number of hydrogen-bond acceptors (Lipinski definition) is 3. The molecule has 0 aromatic rings. The lowest BCUT2D eigenvalue weighted by molar-refractivity contribution is -0.124. The number of rotatable bonds is 11. The van der Waals surface area contributed by atoms with Gasteiger partial charge in [-0.25, -0.2) is 0 Å². The van der Waals surface area contributed by atoms with Crippen LogP contribution in [0.3, 0.4) is 0 Å². The summed E-state index contributed by atoms with van der Waals surface area (Å²) in [5, 5.41) is 5.82. The monoisotopic (exact) mass is 446 g/mol. The van der Waals surface area contributed by atoms with Crippen molar-refractivity contribution < 1.29 is 9.59 Å². The van der Waals surface area contributed by atoms with E-state index >= 15 is 0 Å². The molecule has 5 heteroatoms. The number of carbonyl (C=O) groups is 2. The summed E-state index contributed by atoms with van der Waals surface area (Å²) in [6, 6.07) is 0. The van der Waals surface area contributed by atoms with Gasteiger partial charge in [0.1, 0.15) is 0 Å². The fraction of sp³-hybridized carbons (Fsp3) is 0.615. The molecule has 0 spiro atoms. The van der Waals surface area contributed by atoms with Crippen molar-refractivity contribution in [3.05, 3.63) is 46.9 Å². The summed E-state index contributed by atoms with van der Waals surface area (Å²) < 4.78 is 0. The lowest BCUT2D eigenvalue weighted by atomic mass is 9.96. The Morgan fingerprint density at radius 2 is 1.84 bits per heavy atom. The van der Waals surface area contributed by atoms with E-state index in [9.17, 15) is 9.59 Å². The zero-order chi connectivity index (χ0) is 23.6. The minimum Gasteiger partial charge on any atom is -0.358 e. The molecule has 174 valence electrons. The Labute approximate surface area is 194 Å². The van der Waals surface area contributed by atoms with Crippen LogP contribution in [0, 0.1) is 23.7 Å². The largest absolute Gasteiger partial charge is 0.358 e. The summed E-state index contributed by atoms with van der Waals surface area (Å²) >= 11 is 1.77. The third-order valence-corrected chi connectivity index (χ3v) is 6.99. The van der Waals surface area contributed by atoms with Crippen LogP contribution in [-0.4, -0.2) is 30.7 Å². The van der Waals surface area contributed by atoms with E-state index < -0.39 is 0 Å². The normalized spacial score (nSPS) is 23.6. The maximum absolute atomic E-state index is 12.4. The summed E-state index contributed by atoms with van der Waals surface area (Å²) in [4.78, 5) is 24.2. The van der Waals surface area contributed by atoms with E-state index in [0.29, 0.717) is 18.4 Å². The number of amides is 2. The summed E-state index contributed by atoms with van der Waals surface area (Å²) in [7, 11) is 0. The average Bonchev–Trinajstić information content (AvgIpc) is 3.64. The van der Waals surface area contributed by atoms with Gasteiger partial charge in [-0.15, -0.1) is 11.8 Å². The van der Waals surface area contributed by atoms with Crippen molar-refractivity contribution in [3.8, 4) is 0 Å². The van der Waals surface area contributed by atoms with Crippen molar-refractivity contribution in [2.75, 3.05) is 12.8 Å². The van der Waals surface area contributed by atoms with Crippen LogP contribution < -0.4 is 10.6 Å². The molecule has 2 rings (SSSR count). The fourth-order valence-corrected chi connectivity index (χ4v) is 4.08. The Hall–Kier alpha value is -1.75. The first kappa shape index (κ1) is 27.3. The third-order valence-electron chi connectivity index (χ3n) is 6.27. The molecular formula is C26H42N2O2S. The summed E-state index contributed by atoms with van der Waals surface area (Å²) in [5.41, 5.74) is 1.90. The maximum Gasteiger partial charge on any atom is 0.224 e. The van der Waals surface area contributed by atoms with Gasteiger partial charge in [0.05, 0.1) is 5.54 Å². The lowest BCUT2D eigenvalue weighted by Gasteiger charge is -2.27. The molecule has 2 aliphatic rings. The van der Waals surface area contributed by atoms with Gasteiger partial charge in [0.25, 0.3) is 0 Å². The van der Waals surface area contributed by atoms with Crippen LogP contribution in [0.15, 0.2) is 46.9 Å². The van der Waals surface area contributed by atoms with E-state index in [-0.39, 0.29) is 17.4 Å². The molecule has 2 amide bonds. The molecule has 4 nitrogen and oxygen atoms in total. The smallest absolute Gasteiger partial charge is 0.224 e. The topological polar surface area (TPSA) is 58.2 Å². The van der Waals surface area contributed by atoms with Crippen molar-refractivity contribution in [3.63, 3.8) is 0 Å². The van der Waals surface area contributed by atoms with E-state index in [1.54, 1.807) is 11.8 Å². The van der Waals surface area contributed by atoms with Gasteiger partial charge < -0.3 is 10.6 Å². The highest BCUT2D eigenvalue weighted by Gasteiger charge is 2.55. The van der Waals surface area contributed by atoms with E-state index in [1.165, 1.54) is 23.3 Å². The van der Waals surface area contributed by atoms with Crippen molar-refractivity contribution in [1.82, 2.24) is 10.6 Å². The standard InChI is InChI=1S/C16H26N2O2.C10H16S/c1-10(2)16(3,4)18-15(20)14-12(7-11-5-6-11)13(14)8-17-9-19;1-5-7-10(11-4)8-9(3)6-2/h9,11-14H,1,5-8H2,2-4H3,(H,17,19)(H,18,20);5-8H,1-4H3/b;7-5-,9-6+,10-8+. The van der Waals surface area contributed by atoms with Crippen molar-refractivity contribution in [2.24, 2.45) is 23.7 Å². The Morgan fingerprint density at radius 3 is 2.29 bits per heavy atom. The Kier molecular flexibility index (Phi) is 11.4. The number of allylic oxidation sites excluding steroid dienone is 5. The van der Waals surface area contributed by atoms with E-state index in [4.69, 9.17) is 0 Å². The molecule has 0 aromatic heterocycles. The molecule has 0 saturated heterocycles. The molecule has 2 aliphatic carbocycles. The van der Waals surface area contributed by atoms with Crippen LogP contribution in [0.4, 0.5) is 0 Å². The minimum absolute atomic E-state index is 0.0571. The maximum atomic E-state index is 12.4. The predicted molar refractivity (Wildman–Crippen MR) is 135 cm³/mol. The second kappa shape index (κ2) is 12.9. The Balaban J connectivity index is 0.000000373. The summed E-state index contributed by atoms with van der Waals surface area (Å²) in [6.45, 7) is 16.6. The van der Waals surface area contributed by atoms with Crippen LogP contribution in [0.1, 0.15) is 60.8 Å². The molecule has 2 fully saturated rings. The highest BCUT2D eigenvalue weighted by Crippen LogP contribution is 2.53. The molecule has 31 heavy (non-hydrogen) atoms. The van der Waals surface area contributed by atoms with Gasteiger partial charge in [-0.05, 0) is 78.0 Å².